The summed E-state index contributed by atoms with van der Waals surface area (Å²) in [7, 11) is -1.65. The van der Waals surface area contributed by atoms with E-state index in [2.05, 4.69) is 4.90 Å². The number of methoxy groups -OCH3 is 1. The van der Waals surface area contributed by atoms with Gasteiger partial charge in [-0.15, -0.1) is 23.7 Å². The number of ether oxygens (including phenoxy) is 3. The minimum Gasteiger partial charge on any atom is -0.497 e. The highest BCUT2D eigenvalue weighted by Gasteiger charge is 2.18. The SMILES string of the molecule is COc1ccc2c(Oc3ccc(OCCN4CCCCC4)cc3)c(-c3ccc(S(C)(=O)=O)s3)ccc2c1.Cl. The van der Waals surface area contributed by atoms with Crippen molar-refractivity contribution in [3.63, 3.8) is 0 Å². The maximum absolute atomic E-state index is 12.1. The molecular weight excluding hydrogens is 542 g/mol. The number of hydrogen-bond donors (Lipinski definition) is 0. The Morgan fingerprint density at radius 1 is 0.868 bits per heavy atom. The number of likely N-dealkylation sites (tertiary alicyclic amines) is 1. The van der Waals surface area contributed by atoms with Crippen LogP contribution in [0, 0.1) is 0 Å². The molecule has 1 aromatic heterocycles. The molecule has 202 valence electrons. The second-order valence-corrected chi connectivity index (χ2v) is 12.6. The first kappa shape index (κ1) is 28.2. The third kappa shape index (κ3) is 6.61. The Bertz CT molecular complexity index is 1480. The molecule has 4 aromatic rings. The van der Waals surface area contributed by atoms with E-state index in [0.29, 0.717) is 22.3 Å². The van der Waals surface area contributed by atoms with Crippen LogP contribution in [0.5, 0.6) is 23.0 Å². The van der Waals surface area contributed by atoms with E-state index in [0.717, 1.165) is 52.3 Å². The number of benzene rings is 3. The molecule has 0 radical (unpaired) electrons. The van der Waals surface area contributed by atoms with E-state index in [1.54, 1.807) is 13.2 Å². The van der Waals surface area contributed by atoms with Gasteiger partial charge >= 0.3 is 0 Å². The lowest BCUT2D eigenvalue weighted by atomic mass is 10.0. The van der Waals surface area contributed by atoms with Crippen LogP contribution in [0.1, 0.15) is 19.3 Å². The zero-order valence-electron chi connectivity index (χ0n) is 21.5. The van der Waals surface area contributed by atoms with Gasteiger partial charge in [0.15, 0.2) is 9.84 Å². The fourth-order valence-corrected chi connectivity index (χ4v) is 6.52. The fraction of sp³-hybridized carbons (Fsp3) is 0.310. The molecule has 1 fully saturated rings. The summed E-state index contributed by atoms with van der Waals surface area (Å²) in [6, 6.07) is 20.9. The summed E-state index contributed by atoms with van der Waals surface area (Å²) < 4.78 is 42.3. The number of hydrogen-bond acceptors (Lipinski definition) is 7. The average Bonchev–Trinajstić information content (AvgIpc) is 3.41. The van der Waals surface area contributed by atoms with Gasteiger partial charge in [-0.25, -0.2) is 8.42 Å². The van der Waals surface area contributed by atoms with Crippen LogP contribution in [0.3, 0.4) is 0 Å². The molecule has 0 saturated carbocycles. The van der Waals surface area contributed by atoms with Gasteiger partial charge in [-0.05, 0) is 92.0 Å². The normalized spacial score (nSPS) is 14.2. The molecule has 6 nitrogen and oxygen atoms in total. The largest absolute Gasteiger partial charge is 0.497 e. The average molecular weight is 574 g/mol. The summed E-state index contributed by atoms with van der Waals surface area (Å²) in [6.45, 7) is 3.92. The zero-order valence-corrected chi connectivity index (χ0v) is 24.0. The van der Waals surface area contributed by atoms with Gasteiger partial charge in [-0.1, -0.05) is 12.5 Å². The molecule has 9 heteroatoms. The quantitative estimate of drug-likeness (QED) is 0.213. The lowest BCUT2D eigenvalue weighted by molar-refractivity contribution is 0.183. The summed E-state index contributed by atoms with van der Waals surface area (Å²) in [5, 5.41) is 1.88. The van der Waals surface area contributed by atoms with Gasteiger partial charge in [0.25, 0.3) is 0 Å². The molecule has 1 saturated heterocycles. The summed E-state index contributed by atoms with van der Waals surface area (Å²) in [5.41, 5.74) is 0.833. The first-order valence-electron chi connectivity index (χ1n) is 12.4. The number of thiophene rings is 1. The second kappa shape index (κ2) is 12.4. The smallest absolute Gasteiger partial charge is 0.184 e. The van der Waals surface area contributed by atoms with E-state index < -0.39 is 9.84 Å². The Kier molecular flexibility index (Phi) is 9.20. The van der Waals surface area contributed by atoms with E-state index in [-0.39, 0.29) is 12.4 Å². The fourth-order valence-electron chi connectivity index (χ4n) is 4.57. The Morgan fingerprint density at radius 3 is 2.26 bits per heavy atom. The van der Waals surface area contributed by atoms with Crippen LogP contribution in [-0.4, -0.2) is 52.9 Å². The van der Waals surface area contributed by atoms with E-state index in [9.17, 15) is 8.42 Å². The van der Waals surface area contributed by atoms with Crippen molar-refractivity contribution in [1.29, 1.82) is 0 Å². The Hall–Kier alpha value is -2.78. The highest BCUT2D eigenvalue weighted by molar-refractivity contribution is 7.92. The Labute approximate surface area is 234 Å². The zero-order chi connectivity index (χ0) is 25.8. The molecule has 1 aliphatic rings. The van der Waals surface area contributed by atoms with E-state index in [1.165, 1.54) is 36.9 Å². The van der Waals surface area contributed by atoms with Gasteiger partial charge in [0.05, 0.1) is 7.11 Å². The number of nitrogens with zero attached hydrogens (tertiary/aromatic N) is 1. The predicted molar refractivity (Wildman–Crippen MR) is 156 cm³/mol. The third-order valence-electron chi connectivity index (χ3n) is 6.56. The molecule has 0 N–H and O–H groups in total. The van der Waals surface area contributed by atoms with Crippen molar-refractivity contribution in [1.82, 2.24) is 4.90 Å². The molecule has 0 atom stereocenters. The number of rotatable bonds is 9. The van der Waals surface area contributed by atoms with Gasteiger partial charge in [-0.3, -0.25) is 4.90 Å². The maximum Gasteiger partial charge on any atom is 0.184 e. The number of fused-ring (bicyclic) bond motifs is 1. The van der Waals surface area contributed by atoms with Gasteiger partial charge in [-0.2, -0.15) is 0 Å². The minimum absolute atomic E-state index is 0. The lowest BCUT2D eigenvalue weighted by Crippen LogP contribution is -2.33. The molecular formula is C29H32ClNO5S2. The molecule has 3 aromatic carbocycles. The highest BCUT2D eigenvalue weighted by Crippen LogP contribution is 2.43. The monoisotopic (exact) mass is 573 g/mol. The Balaban J connectivity index is 0.00000336. The molecule has 2 heterocycles. The van der Waals surface area contributed by atoms with Crippen LogP contribution >= 0.6 is 23.7 Å². The molecule has 38 heavy (non-hydrogen) atoms. The first-order valence-corrected chi connectivity index (χ1v) is 15.2. The van der Waals surface area contributed by atoms with Gasteiger partial charge in [0.1, 0.15) is 33.8 Å². The minimum atomic E-state index is -3.29. The standard InChI is InChI=1S/C29H31NO5S2.ClH/c1-33-24-11-13-25-21(20-24)6-12-26(27-14-15-28(36-27)37(2,31)32)29(25)35-23-9-7-22(8-10-23)34-19-18-30-16-4-3-5-17-30;/h6-15,20H,3-5,16-19H2,1-2H3;1H. The van der Waals surface area contributed by atoms with Crippen LogP contribution in [0.15, 0.2) is 70.9 Å². The van der Waals surface area contributed by atoms with Crippen molar-refractivity contribution in [2.24, 2.45) is 0 Å². The van der Waals surface area contributed by atoms with E-state index in [1.807, 2.05) is 60.7 Å². The lowest BCUT2D eigenvalue weighted by Gasteiger charge is -2.26. The molecule has 0 amide bonds. The van der Waals surface area contributed by atoms with Crippen LogP contribution in [0.4, 0.5) is 0 Å². The highest BCUT2D eigenvalue weighted by atomic mass is 35.5. The summed E-state index contributed by atoms with van der Waals surface area (Å²) >= 11 is 1.24. The molecule has 5 rings (SSSR count). The molecule has 0 unspecified atom stereocenters. The van der Waals surface area contributed by atoms with Crippen molar-refractivity contribution in [2.75, 3.05) is 39.6 Å². The summed E-state index contributed by atoms with van der Waals surface area (Å²) in [5.74, 6) is 2.91. The van der Waals surface area contributed by atoms with Crippen molar-refractivity contribution in [3.05, 3.63) is 66.7 Å². The predicted octanol–water partition coefficient (Wildman–Crippen LogP) is 7.06. The van der Waals surface area contributed by atoms with Crippen LogP contribution in [0.25, 0.3) is 21.2 Å². The molecule has 0 bridgehead atoms. The van der Waals surface area contributed by atoms with Gasteiger partial charge in [0.2, 0.25) is 0 Å². The summed E-state index contributed by atoms with van der Waals surface area (Å²) in [4.78, 5) is 3.28. The number of halogens is 1. The number of piperidine rings is 1. The third-order valence-corrected chi connectivity index (χ3v) is 9.50. The van der Waals surface area contributed by atoms with Crippen LogP contribution in [-0.2, 0) is 9.84 Å². The Morgan fingerprint density at radius 2 is 1.58 bits per heavy atom. The van der Waals surface area contributed by atoms with Crippen LogP contribution in [0.2, 0.25) is 0 Å². The van der Waals surface area contributed by atoms with Crippen molar-refractivity contribution in [3.8, 4) is 33.4 Å². The first-order chi connectivity index (χ1) is 17.9. The summed E-state index contributed by atoms with van der Waals surface area (Å²) in [6.07, 6.45) is 5.10. The van der Waals surface area contributed by atoms with Crippen molar-refractivity contribution in [2.45, 2.75) is 23.5 Å². The second-order valence-electron chi connectivity index (χ2n) is 9.24. The van der Waals surface area contributed by atoms with Crippen molar-refractivity contribution < 1.29 is 22.6 Å². The van der Waals surface area contributed by atoms with Crippen molar-refractivity contribution >= 4 is 44.4 Å². The topological polar surface area (TPSA) is 65.1 Å². The number of sulfone groups is 1. The molecule has 0 spiro atoms. The van der Waals surface area contributed by atoms with Crippen LogP contribution < -0.4 is 14.2 Å². The van der Waals surface area contributed by atoms with Gasteiger partial charge < -0.3 is 14.2 Å². The van der Waals surface area contributed by atoms with Gasteiger partial charge in [0, 0.05) is 28.6 Å². The van der Waals surface area contributed by atoms with E-state index >= 15 is 0 Å². The molecule has 1 aliphatic heterocycles. The van der Waals surface area contributed by atoms with E-state index in [4.69, 9.17) is 14.2 Å². The maximum atomic E-state index is 12.1. The molecule has 0 aliphatic carbocycles.